The summed E-state index contributed by atoms with van der Waals surface area (Å²) in [6.07, 6.45) is 4.58. The number of piperidine rings is 1. The number of ether oxygens (including phenoxy) is 1. The summed E-state index contributed by atoms with van der Waals surface area (Å²) in [5.41, 5.74) is 1.38. The van der Waals surface area contributed by atoms with Crippen LogP contribution in [0.1, 0.15) is 49.9 Å². The molecule has 2 saturated heterocycles. The Kier molecular flexibility index (Phi) is 6.44. The summed E-state index contributed by atoms with van der Waals surface area (Å²) in [6, 6.07) is 7.54. The molecule has 1 aromatic carbocycles. The van der Waals surface area contributed by atoms with Gasteiger partial charge in [-0.3, -0.25) is 14.5 Å². The molecule has 2 unspecified atom stereocenters. The number of amides is 2. The van der Waals surface area contributed by atoms with Crippen molar-refractivity contribution < 1.29 is 14.3 Å². The van der Waals surface area contributed by atoms with Gasteiger partial charge < -0.3 is 14.5 Å². The van der Waals surface area contributed by atoms with Crippen LogP contribution in [0.4, 0.5) is 5.69 Å². The Balaban J connectivity index is 1.35. The van der Waals surface area contributed by atoms with Crippen molar-refractivity contribution in [3.63, 3.8) is 0 Å². The fourth-order valence-corrected chi connectivity index (χ4v) is 4.96. The fourth-order valence-electron chi connectivity index (χ4n) is 4.96. The average Bonchev–Trinajstić information content (AvgIpc) is 3.57. The van der Waals surface area contributed by atoms with Gasteiger partial charge in [0.1, 0.15) is 0 Å². The van der Waals surface area contributed by atoms with E-state index >= 15 is 0 Å². The van der Waals surface area contributed by atoms with Crippen molar-refractivity contribution in [3.8, 4) is 0 Å². The van der Waals surface area contributed by atoms with E-state index in [2.05, 4.69) is 18.7 Å². The van der Waals surface area contributed by atoms with E-state index in [-0.39, 0.29) is 17.7 Å². The van der Waals surface area contributed by atoms with Gasteiger partial charge in [-0.2, -0.15) is 0 Å². The minimum absolute atomic E-state index is 0.0492. The lowest BCUT2D eigenvalue weighted by Gasteiger charge is -2.39. The molecule has 2 aliphatic heterocycles. The van der Waals surface area contributed by atoms with E-state index in [9.17, 15) is 9.59 Å². The van der Waals surface area contributed by atoms with Gasteiger partial charge in [-0.25, -0.2) is 0 Å². The molecular formula is C24H35N3O3. The third kappa shape index (κ3) is 4.86. The minimum atomic E-state index is 0.0492. The lowest BCUT2D eigenvalue weighted by atomic mass is 9.95. The highest BCUT2D eigenvalue weighted by Crippen LogP contribution is 2.33. The predicted molar refractivity (Wildman–Crippen MR) is 118 cm³/mol. The highest BCUT2D eigenvalue weighted by Gasteiger charge is 2.34. The molecule has 2 atom stereocenters. The van der Waals surface area contributed by atoms with E-state index in [4.69, 9.17) is 4.74 Å². The maximum atomic E-state index is 13.3. The number of nitrogens with zero attached hydrogens (tertiary/aromatic N) is 3. The van der Waals surface area contributed by atoms with Crippen LogP contribution in [0.5, 0.6) is 0 Å². The molecule has 3 aliphatic rings. The number of hydrogen-bond acceptors (Lipinski definition) is 4. The van der Waals surface area contributed by atoms with Gasteiger partial charge >= 0.3 is 0 Å². The van der Waals surface area contributed by atoms with Crippen molar-refractivity contribution in [2.24, 2.45) is 11.8 Å². The standard InChI is InChI=1S/C24H35N3O3/c1-17-14-26(15-18(2)30-17)16-19-10-12-27(13-11-19)24(29)21-6-4-5-7-22(21)25(3)23(28)20-8-9-20/h4-7,17-20H,8-16H2,1-3H3. The minimum Gasteiger partial charge on any atom is -0.373 e. The Morgan fingerprint density at radius 3 is 2.30 bits per heavy atom. The summed E-state index contributed by atoms with van der Waals surface area (Å²) < 4.78 is 5.85. The monoisotopic (exact) mass is 413 g/mol. The van der Waals surface area contributed by atoms with Gasteiger partial charge in [0.25, 0.3) is 5.91 Å². The number of carbonyl (C=O) groups is 2. The van der Waals surface area contributed by atoms with Crippen LogP contribution in [0.3, 0.4) is 0 Å². The smallest absolute Gasteiger partial charge is 0.255 e. The Bertz CT molecular complexity index is 761. The number of rotatable bonds is 5. The highest BCUT2D eigenvalue weighted by molar-refractivity contribution is 6.05. The second-order valence-electron chi connectivity index (χ2n) is 9.40. The van der Waals surface area contributed by atoms with Gasteiger partial charge in [-0.05, 0) is 57.6 Å². The summed E-state index contributed by atoms with van der Waals surface area (Å²) >= 11 is 0. The summed E-state index contributed by atoms with van der Waals surface area (Å²) in [7, 11) is 1.79. The zero-order chi connectivity index (χ0) is 21.3. The van der Waals surface area contributed by atoms with Crippen molar-refractivity contribution >= 4 is 17.5 Å². The van der Waals surface area contributed by atoms with Crippen LogP contribution in [0.25, 0.3) is 0 Å². The summed E-state index contributed by atoms with van der Waals surface area (Å²) in [4.78, 5) is 32.0. The van der Waals surface area contributed by atoms with Gasteiger partial charge in [-0.15, -0.1) is 0 Å². The topological polar surface area (TPSA) is 53.1 Å². The quantitative estimate of drug-likeness (QED) is 0.745. The van der Waals surface area contributed by atoms with Crippen molar-refractivity contribution in [2.45, 2.75) is 51.7 Å². The first-order valence-corrected chi connectivity index (χ1v) is 11.5. The predicted octanol–water partition coefficient (Wildman–Crippen LogP) is 3.02. The van der Waals surface area contributed by atoms with Crippen LogP contribution in [0.15, 0.2) is 24.3 Å². The summed E-state index contributed by atoms with van der Waals surface area (Å²) in [5, 5.41) is 0. The molecule has 1 saturated carbocycles. The van der Waals surface area contributed by atoms with Crippen molar-refractivity contribution in [1.29, 1.82) is 0 Å². The van der Waals surface area contributed by atoms with E-state index in [0.717, 1.165) is 64.1 Å². The zero-order valence-electron chi connectivity index (χ0n) is 18.5. The molecule has 164 valence electrons. The second-order valence-corrected chi connectivity index (χ2v) is 9.40. The molecular weight excluding hydrogens is 378 g/mol. The lowest BCUT2D eigenvalue weighted by molar-refractivity contribution is -0.119. The number of anilines is 1. The van der Waals surface area contributed by atoms with E-state index in [1.165, 1.54) is 0 Å². The maximum absolute atomic E-state index is 13.3. The van der Waals surface area contributed by atoms with E-state index in [1.54, 1.807) is 11.9 Å². The number of carbonyl (C=O) groups excluding carboxylic acids is 2. The summed E-state index contributed by atoms with van der Waals surface area (Å²) in [6.45, 7) is 8.95. The molecule has 0 aromatic heterocycles. The first-order valence-electron chi connectivity index (χ1n) is 11.5. The number of likely N-dealkylation sites (tertiary alicyclic amines) is 1. The van der Waals surface area contributed by atoms with Gasteiger partial charge in [-0.1, -0.05) is 12.1 Å². The molecule has 3 fully saturated rings. The average molecular weight is 414 g/mol. The third-order valence-corrected chi connectivity index (χ3v) is 6.67. The van der Waals surface area contributed by atoms with Gasteiger partial charge in [0.15, 0.2) is 0 Å². The highest BCUT2D eigenvalue weighted by atomic mass is 16.5. The Morgan fingerprint density at radius 1 is 1.03 bits per heavy atom. The molecule has 1 aromatic rings. The van der Waals surface area contributed by atoms with Crippen molar-refractivity contribution in [2.75, 3.05) is 44.7 Å². The largest absolute Gasteiger partial charge is 0.373 e. The van der Waals surface area contributed by atoms with Gasteiger partial charge in [0, 0.05) is 45.7 Å². The zero-order valence-corrected chi connectivity index (χ0v) is 18.5. The fraction of sp³-hybridized carbons (Fsp3) is 0.667. The van der Waals surface area contributed by atoms with Crippen LogP contribution >= 0.6 is 0 Å². The molecule has 0 bridgehead atoms. The summed E-state index contributed by atoms with van der Waals surface area (Å²) in [5.74, 6) is 0.941. The molecule has 4 rings (SSSR count). The molecule has 2 amide bonds. The van der Waals surface area contributed by atoms with Crippen LogP contribution < -0.4 is 4.90 Å². The SMILES string of the molecule is CC1CN(CC2CCN(C(=O)c3ccccc3N(C)C(=O)C3CC3)CC2)CC(C)O1. The van der Waals surface area contributed by atoms with Crippen LogP contribution in [0.2, 0.25) is 0 Å². The Morgan fingerprint density at radius 2 is 1.67 bits per heavy atom. The van der Waals surface area contributed by atoms with Crippen molar-refractivity contribution in [1.82, 2.24) is 9.80 Å². The number of benzene rings is 1. The van der Waals surface area contributed by atoms with Gasteiger partial charge in [0.05, 0.1) is 23.5 Å². The first kappa shape index (κ1) is 21.3. The molecule has 6 nitrogen and oxygen atoms in total. The van der Waals surface area contributed by atoms with E-state index < -0.39 is 0 Å². The molecule has 0 radical (unpaired) electrons. The number of morpholine rings is 1. The Labute approximate surface area is 180 Å². The molecule has 0 N–H and O–H groups in total. The van der Waals surface area contributed by atoms with Crippen LogP contribution in [0, 0.1) is 11.8 Å². The molecule has 2 heterocycles. The van der Waals surface area contributed by atoms with Crippen LogP contribution in [-0.2, 0) is 9.53 Å². The maximum Gasteiger partial charge on any atom is 0.255 e. The molecule has 0 spiro atoms. The van der Waals surface area contributed by atoms with E-state index in [1.807, 2.05) is 29.2 Å². The molecule has 1 aliphatic carbocycles. The van der Waals surface area contributed by atoms with Crippen molar-refractivity contribution in [3.05, 3.63) is 29.8 Å². The molecule has 6 heteroatoms. The van der Waals surface area contributed by atoms with Gasteiger partial charge in [0.2, 0.25) is 5.91 Å². The lowest BCUT2D eigenvalue weighted by Crippen LogP contribution is -2.48. The molecule has 30 heavy (non-hydrogen) atoms. The number of para-hydroxylation sites is 1. The normalized spacial score (nSPS) is 25.9. The Hall–Kier alpha value is -1.92. The third-order valence-electron chi connectivity index (χ3n) is 6.67. The van der Waals surface area contributed by atoms with Crippen LogP contribution in [-0.4, -0.2) is 73.6 Å². The number of hydrogen-bond donors (Lipinski definition) is 0. The second kappa shape index (κ2) is 9.06. The van der Waals surface area contributed by atoms with E-state index in [0.29, 0.717) is 23.7 Å². The first-order chi connectivity index (χ1) is 14.4.